The van der Waals surface area contributed by atoms with Crippen LogP contribution in [0, 0.1) is 0 Å². The van der Waals surface area contributed by atoms with Crippen LogP contribution in [0.4, 0.5) is 5.95 Å². The van der Waals surface area contributed by atoms with E-state index in [9.17, 15) is 4.79 Å². The lowest BCUT2D eigenvalue weighted by molar-refractivity contribution is 0.0822. The number of benzene rings is 1. The summed E-state index contributed by atoms with van der Waals surface area (Å²) >= 11 is 0. The molecule has 0 aliphatic carbocycles. The fraction of sp³-hybridized carbons (Fsp3) is 0.353. The average Bonchev–Trinajstić information content (AvgIpc) is 2.57. The molecule has 0 spiro atoms. The molecule has 7 heteroatoms. The molecule has 1 heterocycles. The summed E-state index contributed by atoms with van der Waals surface area (Å²) in [6.07, 6.45) is 0. The van der Waals surface area contributed by atoms with E-state index in [-0.39, 0.29) is 17.5 Å². The quantitative estimate of drug-likeness (QED) is 0.779. The molecule has 7 nitrogen and oxygen atoms in total. The molecule has 0 bridgehead atoms. The summed E-state index contributed by atoms with van der Waals surface area (Å²) in [5.74, 6) is 0.528. The topological polar surface area (TPSA) is 90.6 Å². The number of amides is 1. The number of carbonyl (C=O) groups excluding carboxylic acids is 1. The number of hydrogen-bond donors (Lipinski definition) is 1. The Balaban J connectivity index is 2.23. The smallest absolute Gasteiger partial charge is 0.272 e. The van der Waals surface area contributed by atoms with Crippen molar-refractivity contribution in [3.05, 3.63) is 36.0 Å². The van der Waals surface area contributed by atoms with Crippen molar-refractivity contribution in [3.8, 4) is 17.0 Å². The Morgan fingerprint density at radius 2 is 2.00 bits per heavy atom. The first-order valence-electron chi connectivity index (χ1n) is 7.68. The molecule has 2 aromatic rings. The zero-order chi connectivity index (χ0) is 17.5. The molecule has 2 rings (SSSR count). The molecule has 1 aromatic heterocycles. The van der Waals surface area contributed by atoms with Crippen molar-refractivity contribution >= 4 is 11.9 Å². The zero-order valence-electron chi connectivity index (χ0n) is 14.2. The first kappa shape index (κ1) is 17.7. The third kappa shape index (κ3) is 4.66. The summed E-state index contributed by atoms with van der Waals surface area (Å²) in [5.41, 5.74) is 7.37. The first-order chi connectivity index (χ1) is 11.5. The van der Waals surface area contributed by atoms with Crippen LogP contribution < -0.4 is 10.5 Å². The fourth-order valence-electron chi connectivity index (χ4n) is 2.06. The molecule has 1 amide bonds. The van der Waals surface area contributed by atoms with Gasteiger partial charge in [0.1, 0.15) is 18.1 Å². The summed E-state index contributed by atoms with van der Waals surface area (Å²) in [4.78, 5) is 21.7. The Hall–Kier alpha value is -2.67. The normalized spacial score (nSPS) is 10.5. The Morgan fingerprint density at radius 3 is 2.71 bits per heavy atom. The van der Waals surface area contributed by atoms with E-state index in [2.05, 4.69) is 9.97 Å². The van der Waals surface area contributed by atoms with Crippen molar-refractivity contribution in [1.82, 2.24) is 14.9 Å². The number of nitrogens with two attached hydrogens (primary N) is 1. The molecule has 24 heavy (non-hydrogen) atoms. The van der Waals surface area contributed by atoms with Crippen LogP contribution in [0.1, 0.15) is 17.4 Å². The standard InChI is InChI=1S/C17H22N4O3/c1-4-23-8-9-24-13-7-5-6-12(10-13)14-11-15(16(22)21(2)3)20-17(18)19-14/h5-7,10-11H,4,8-9H2,1-3H3,(H2,18,19,20). The number of anilines is 1. The molecule has 0 aliphatic heterocycles. The van der Waals surface area contributed by atoms with Crippen LogP contribution in [0.2, 0.25) is 0 Å². The van der Waals surface area contributed by atoms with Crippen LogP contribution in [0.3, 0.4) is 0 Å². The van der Waals surface area contributed by atoms with E-state index in [0.29, 0.717) is 31.3 Å². The van der Waals surface area contributed by atoms with E-state index in [1.54, 1.807) is 20.2 Å². The summed E-state index contributed by atoms with van der Waals surface area (Å²) < 4.78 is 10.9. The first-order valence-corrected chi connectivity index (χ1v) is 7.68. The van der Waals surface area contributed by atoms with Crippen molar-refractivity contribution in [2.24, 2.45) is 0 Å². The fourth-order valence-corrected chi connectivity index (χ4v) is 2.06. The lowest BCUT2D eigenvalue weighted by Gasteiger charge is -2.11. The third-order valence-corrected chi connectivity index (χ3v) is 3.20. The van der Waals surface area contributed by atoms with Gasteiger partial charge in [-0.05, 0) is 25.1 Å². The number of rotatable bonds is 7. The maximum atomic E-state index is 12.1. The van der Waals surface area contributed by atoms with Gasteiger partial charge in [-0.2, -0.15) is 0 Å². The van der Waals surface area contributed by atoms with Gasteiger partial charge in [-0.15, -0.1) is 0 Å². The molecule has 1 aromatic carbocycles. The molecule has 0 fully saturated rings. The number of aromatic nitrogens is 2. The van der Waals surface area contributed by atoms with E-state index >= 15 is 0 Å². The highest BCUT2D eigenvalue weighted by molar-refractivity contribution is 5.93. The number of nitrogens with zero attached hydrogens (tertiary/aromatic N) is 3. The van der Waals surface area contributed by atoms with Gasteiger partial charge in [-0.3, -0.25) is 4.79 Å². The minimum absolute atomic E-state index is 0.0559. The summed E-state index contributed by atoms with van der Waals surface area (Å²) in [7, 11) is 3.32. The largest absolute Gasteiger partial charge is 0.491 e. The second-order valence-corrected chi connectivity index (χ2v) is 5.27. The third-order valence-electron chi connectivity index (χ3n) is 3.20. The van der Waals surface area contributed by atoms with Crippen molar-refractivity contribution in [3.63, 3.8) is 0 Å². The second-order valence-electron chi connectivity index (χ2n) is 5.27. The van der Waals surface area contributed by atoms with E-state index in [1.807, 2.05) is 31.2 Å². The maximum Gasteiger partial charge on any atom is 0.272 e. The maximum absolute atomic E-state index is 12.1. The molecule has 0 saturated heterocycles. The highest BCUT2D eigenvalue weighted by Crippen LogP contribution is 2.23. The van der Waals surface area contributed by atoms with Gasteiger partial charge < -0.3 is 20.1 Å². The molecular formula is C17H22N4O3. The lowest BCUT2D eigenvalue weighted by atomic mass is 10.1. The molecule has 2 N–H and O–H groups in total. The number of hydrogen-bond acceptors (Lipinski definition) is 6. The van der Waals surface area contributed by atoms with Crippen LogP contribution in [-0.4, -0.2) is 54.7 Å². The highest BCUT2D eigenvalue weighted by atomic mass is 16.5. The van der Waals surface area contributed by atoms with Gasteiger partial charge in [0.2, 0.25) is 5.95 Å². The second kappa shape index (κ2) is 8.26. The molecule has 0 aliphatic rings. The summed E-state index contributed by atoms with van der Waals surface area (Å²) in [5, 5.41) is 0. The average molecular weight is 330 g/mol. The minimum Gasteiger partial charge on any atom is -0.491 e. The van der Waals surface area contributed by atoms with E-state index < -0.39 is 0 Å². The molecule has 128 valence electrons. The zero-order valence-corrected chi connectivity index (χ0v) is 14.2. The van der Waals surface area contributed by atoms with Crippen LogP contribution in [0.5, 0.6) is 5.75 Å². The van der Waals surface area contributed by atoms with Crippen molar-refractivity contribution < 1.29 is 14.3 Å². The van der Waals surface area contributed by atoms with E-state index in [4.69, 9.17) is 15.2 Å². The van der Waals surface area contributed by atoms with Crippen LogP contribution in [0.15, 0.2) is 30.3 Å². The summed E-state index contributed by atoms with van der Waals surface area (Å²) in [6, 6.07) is 9.06. The Bertz CT molecular complexity index is 704. The highest BCUT2D eigenvalue weighted by Gasteiger charge is 2.13. The van der Waals surface area contributed by atoms with Crippen LogP contribution in [0.25, 0.3) is 11.3 Å². The Morgan fingerprint density at radius 1 is 1.21 bits per heavy atom. The SMILES string of the molecule is CCOCCOc1cccc(-c2cc(C(=O)N(C)C)nc(N)n2)c1. The minimum atomic E-state index is -0.227. The van der Waals surface area contributed by atoms with Crippen LogP contribution >= 0.6 is 0 Å². The van der Waals surface area contributed by atoms with Gasteiger partial charge in [0, 0.05) is 26.3 Å². The number of carbonyl (C=O) groups is 1. The molecular weight excluding hydrogens is 308 g/mol. The van der Waals surface area contributed by atoms with Gasteiger partial charge in [0.15, 0.2) is 0 Å². The van der Waals surface area contributed by atoms with E-state index in [0.717, 1.165) is 5.56 Å². The number of ether oxygens (including phenoxy) is 2. The van der Waals surface area contributed by atoms with Gasteiger partial charge in [-0.1, -0.05) is 12.1 Å². The monoisotopic (exact) mass is 330 g/mol. The van der Waals surface area contributed by atoms with Gasteiger partial charge >= 0.3 is 0 Å². The predicted molar refractivity (Wildman–Crippen MR) is 91.9 cm³/mol. The van der Waals surface area contributed by atoms with Crippen molar-refractivity contribution in [2.45, 2.75) is 6.92 Å². The van der Waals surface area contributed by atoms with Gasteiger partial charge in [0.25, 0.3) is 5.91 Å². The summed E-state index contributed by atoms with van der Waals surface area (Å²) in [6.45, 7) is 3.59. The Kier molecular flexibility index (Phi) is 6.08. The molecule has 0 atom stereocenters. The number of nitrogen functional groups attached to an aromatic ring is 1. The molecule has 0 saturated carbocycles. The van der Waals surface area contributed by atoms with E-state index in [1.165, 1.54) is 4.90 Å². The van der Waals surface area contributed by atoms with Gasteiger partial charge in [-0.25, -0.2) is 9.97 Å². The molecule has 0 unspecified atom stereocenters. The van der Waals surface area contributed by atoms with Crippen LogP contribution in [-0.2, 0) is 4.74 Å². The van der Waals surface area contributed by atoms with Crippen molar-refractivity contribution in [2.75, 3.05) is 39.6 Å². The Labute approximate surface area is 141 Å². The van der Waals surface area contributed by atoms with Gasteiger partial charge in [0.05, 0.1) is 12.3 Å². The lowest BCUT2D eigenvalue weighted by Crippen LogP contribution is -2.23. The van der Waals surface area contributed by atoms with Crippen molar-refractivity contribution in [1.29, 1.82) is 0 Å². The predicted octanol–water partition coefficient (Wildman–Crippen LogP) is 1.84. The molecule has 0 radical (unpaired) electrons.